The Labute approximate surface area is 157 Å². The second kappa shape index (κ2) is 7.92. The second-order valence-electron chi connectivity index (χ2n) is 5.66. The molecule has 0 aliphatic heterocycles. The van der Waals surface area contributed by atoms with E-state index in [0.717, 1.165) is 0 Å². The van der Waals surface area contributed by atoms with Gasteiger partial charge in [-0.3, -0.25) is 4.72 Å². The van der Waals surface area contributed by atoms with E-state index in [4.69, 9.17) is 4.74 Å². The molecule has 3 aromatic rings. The highest BCUT2D eigenvalue weighted by molar-refractivity contribution is 7.92. The Morgan fingerprint density at radius 3 is 2.07 bits per heavy atom. The van der Waals surface area contributed by atoms with Gasteiger partial charge in [-0.05, 0) is 48.5 Å². The lowest BCUT2D eigenvalue weighted by atomic mass is 10.1. The summed E-state index contributed by atoms with van der Waals surface area (Å²) in [5, 5.41) is 3.13. The van der Waals surface area contributed by atoms with Gasteiger partial charge in [-0.2, -0.15) is 0 Å². The summed E-state index contributed by atoms with van der Waals surface area (Å²) < 4.78 is 32.0. The fourth-order valence-electron chi connectivity index (χ4n) is 2.47. The Morgan fingerprint density at radius 1 is 0.815 bits per heavy atom. The highest BCUT2D eigenvalue weighted by atomic mass is 32.2. The number of carbonyl (C=O) groups is 1. The Balaban J connectivity index is 1.76. The van der Waals surface area contributed by atoms with Crippen molar-refractivity contribution in [2.45, 2.75) is 4.90 Å². The SMILES string of the molecule is COC(=O)c1ccccc1Nc1ccc(NS(=O)(=O)c2ccccc2)cc1. The van der Waals surface area contributed by atoms with Gasteiger partial charge in [0.1, 0.15) is 0 Å². The molecule has 0 aliphatic rings. The lowest BCUT2D eigenvalue weighted by Crippen LogP contribution is -2.12. The third kappa shape index (κ3) is 4.45. The van der Waals surface area contributed by atoms with Crippen molar-refractivity contribution < 1.29 is 17.9 Å². The van der Waals surface area contributed by atoms with Gasteiger partial charge in [-0.25, -0.2) is 13.2 Å². The molecular weight excluding hydrogens is 364 g/mol. The molecule has 138 valence electrons. The van der Waals surface area contributed by atoms with E-state index in [1.54, 1.807) is 66.7 Å². The molecular formula is C20H18N2O4S. The van der Waals surface area contributed by atoms with Crippen LogP contribution in [0.2, 0.25) is 0 Å². The summed E-state index contributed by atoms with van der Waals surface area (Å²) in [4.78, 5) is 12.0. The van der Waals surface area contributed by atoms with Gasteiger partial charge >= 0.3 is 5.97 Å². The number of para-hydroxylation sites is 1. The average Bonchev–Trinajstić information content (AvgIpc) is 2.70. The van der Waals surface area contributed by atoms with Crippen molar-refractivity contribution in [3.05, 3.63) is 84.4 Å². The number of sulfonamides is 1. The van der Waals surface area contributed by atoms with Crippen LogP contribution in [0.4, 0.5) is 17.1 Å². The predicted octanol–water partition coefficient (Wildman–Crippen LogP) is 4.02. The van der Waals surface area contributed by atoms with E-state index < -0.39 is 16.0 Å². The van der Waals surface area contributed by atoms with Gasteiger partial charge in [0.15, 0.2) is 0 Å². The fourth-order valence-corrected chi connectivity index (χ4v) is 3.55. The van der Waals surface area contributed by atoms with Crippen LogP contribution in [0.25, 0.3) is 0 Å². The van der Waals surface area contributed by atoms with E-state index >= 15 is 0 Å². The van der Waals surface area contributed by atoms with Gasteiger partial charge in [0.25, 0.3) is 10.0 Å². The van der Waals surface area contributed by atoms with E-state index in [-0.39, 0.29) is 4.90 Å². The monoisotopic (exact) mass is 382 g/mol. The Bertz CT molecular complexity index is 1030. The number of methoxy groups -OCH3 is 1. The third-order valence-corrected chi connectivity index (χ3v) is 5.20. The number of anilines is 3. The van der Waals surface area contributed by atoms with Crippen molar-refractivity contribution in [1.82, 2.24) is 0 Å². The van der Waals surface area contributed by atoms with Crippen LogP contribution < -0.4 is 10.0 Å². The second-order valence-corrected chi connectivity index (χ2v) is 7.34. The topological polar surface area (TPSA) is 84.5 Å². The zero-order valence-electron chi connectivity index (χ0n) is 14.5. The molecule has 0 aliphatic carbocycles. The number of esters is 1. The zero-order valence-corrected chi connectivity index (χ0v) is 15.4. The highest BCUT2D eigenvalue weighted by Gasteiger charge is 2.14. The summed E-state index contributed by atoms with van der Waals surface area (Å²) in [7, 11) is -2.31. The minimum absolute atomic E-state index is 0.194. The lowest BCUT2D eigenvalue weighted by molar-refractivity contribution is 0.0602. The van der Waals surface area contributed by atoms with E-state index in [2.05, 4.69) is 10.0 Å². The van der Waals surface area contributed by atoms with Crippen molar-refractivity contribution >= 4 is 33.1 Å². The summed E-state index contributed by atoms with van der Waals surface area (Å²) in [5.74, 6) is -0.439. The molecule has 0 atom stereocenters. The first-order valence-electron chi connectivity index (χ1n) is 8.12. The molecule has 0 saturated carbocycles. The minimum Gasteiger partial charge on any atom is -0.465 e. The molecule has 2 N–H and O–H groups in total. The first kappa shape index (κ1) is 18.5. The average molecular weight is 382 g/mol. The van der Waals surface area contributed by atoms with Gasteiger partial charge in [0.2, 0.25) is 0 Å². The van der Waals surface area contributed by atoms with E-state index in [1.807, 2.05) is 0 Å². The number of rotatable bonds is 6. The Hall–Kier alpha value is -3.32. The lowest BCUT2D eigenvalue weighted by Gasteiger charge is -2.12. The first-order valence-corrected chi connectivity index (χ1v) is 9.60. The highest BCUT2D eigenvalue weighted by Crippen LogP contribution is 2.24. The molecule has 0 heterocycles. The summed E-state index contributed by atoms with van der Waals surface area (Å²) in [5.41, 5.74) is 2.15. The van der Waals surface area contributed by atoms with Crippen LogP contribution in [-0.4, -0.2) is 21.5 Å². The number of ether oxygens (including phenoxy) is 1. The minimum atomic E-state index is -3.64. The molecule has 0 saturated heterocycles. The molecule has 0 unspecified atom stereocenters. The maximum atomic E-state index is 12.4. The third-order valence-electron chi connectivity index (χ3n) is 3.80. The quantitative estimate of drug-likeness (QED) is 0.629. The maximum Gasteiger partial charge on any atom is 0.339 e. The predicted molar refractivity (Wildman–Crippen MR) is 105 cm³/mol. The molecule has 0 radical (unpaired) electrons. The molecule has 0 spiro atoms. The summed E-state index contributed by atoms with van der Waals surface area (Å²) in [6.07, 6.45) is 0. The van der Waals surface area contributed by atoms with Crippen LogP contribution in [0.15, 0.2) is 83.8 Å². The van der Waals surface area contributed by atoms with E-state index in [1.165, 1.54) is 19.2 Å². The smallest absolute Gasteiger partial charge is 0.339 e. The van der Waals surface area contributed by atoms with Crippen molar-refractivity contribution in [3.63, 3.8) is 0 Å². The molecule has 0 aromatic heterocycles. The van der Waals surface area contributed by atoms with Crippen LogP contribution >= 0.6 is 0 Å². The van der Waals surface area contributed by atoms with Crippen LogP contribution in [0.3, 0.4) is 0 Å². The van der Waals surface area contributed by atoms with Crippen LogP contribution in [-0.2, 0) is 14.8 Å². The van der Waals surface area contributed by atoms with Gasteiger partial charge in [0.05, 0.1) is 23.3 Å². The molecule has 0 bridgehead atoms. The molecule has 0 fully saturated rings. The van der Waals surface area contributed by atoms with Gasteiger partial charge in [-0.15, -0.1) is 0 Å². The zero-order chi connectivity index (χ0) is 19.3. The van der Waals surface area contributed by atoms with Crippen LogP contribution in [0.1, 0.15) is 10.4 Å². The number of hydrogen-bond acceptors (Lipinski definition) is 5. The summed E-state index contributed by atoms with van der Waals surface area (Å²) >= 11 is 0. The summed E-state index contributed by atoms with van der Waals surface area (Å²) in [6, 6.07) is 21.8. The van der Waals surface area contributed by atoms with Gasteiger partial charge < -0.3 is 10.1 Å². The van der Waals surface area contributed by atoms with Gasteiger partial charge in [-0.1, -0.05) is 30.3 Å². The Kier molecular flexibility index (Phi) is 5.42. The van der Waals surface area contributed by atoms with E-state index in [0.29, 0.717) is 22.6 Å². The standard InChI is InChI=1S/C20H18N2O4S/c1-26-20(23)18-9-5-6-10-19(18)21-15-11-13-16(14-12-15)22-27(24,25)17-7-3-2-4-8-17/h2-14,21-22H,1H3. The number of benzene rings is 3. The van der Waals surface area contributed by atoms with Crippen molar-refractivity contribution in [2.75, 3.05) is 17.1 Å². The maximum absolute atomic E-state index is 12.4. The molecule has 7 heteroatoms. The van der Waals surface area contributed by atoms with E-state index in [9.17, 15) is 13.2 Å². The number of nitrogens with one attached hydrogen (secondary N) is 2. The van der Waals surface area contributed by atoms with Crippen LogP contribution in [0.5, 0.6) is 0 Å². The first-order chi connectivity index (χ1) is 13.0. The molecule has 3 aromatic carbocycles. The molecule has 27 heavy (non-hydrogen) atoms. The number of carbonyl (C=O) groups excluding carboxylic acids is 1. The van der Waals surface area contributed by atoms with Gasteiger partial charge in [0, 0.05) is 11.4 Å². The largest absolute Gasteiger partial charge is 0.465 e. The molecule has 6 nitrogen and oxygen atoms in total. The van der Waals surface area contributed by atoms with Crippen molar-refractivity contribution in [2.24, 2.45) is 0 Å². The van der Waals surface area contributed by atoms with Crippen molar-refractivity contribution in [3.8, 4) is 0 Å². The molecule has 0 amide bonds. The Morgan fingerprint density at radius 2 is 1.41 bits per heavy atom. The molecule has 3 rings (SSSR count). The normalized spacial score (nSPS) is 10.9. The fraction of sp³-hybridized carbons (Fsp3) is 0.0500. The van der Waals surface area contributed by atoms with Crippen molar-refractivity contribution in [1.29, 1.82) is 0 Å². The number of hydrogen-bond donors (Lipinski definition) is 2. The summed E-state index contributed by atoms with van der Waals surface area (Å²) in [6.45, 7) is 0. The van der Waals surface area contributed by atoms with Crippen LogP contribution in [0, 0.1) is 0 Å².